The summed E-state index contributed by atoms with van der Waals surface area (Å²) in [6, 6.07) is 6.01. The molecule has 0 spiro atoms. The van der Waals surface area contributed by atoms with Crippen LogP contribution >= 0.6 is 22.6 Å². The molecule has 8 heteroatoms. The number of halogens is 1. The maximum Gasteiger partial charge on any atom is 0.268 e. The number of aromatic amines is 1. The Hall–Kier alpha value is -1.42. The van der Waals surface area contributed by atoms with Crippen molar-refractivity contribution in [1.82, 2.24) is 9.97 Å². The first-order valence-electron chi connectivity index (χ1n) is 5.09. The van der Waals surface area contributed by atoms with Crippen LogP contribution in [0.4, 0.5) is 0 Å². The van der Waals surface area contributed by atoms with Crippen LogP contribution in [0.1, 0.15) is 0 Å². The van der Waals surface area contributed by atoms with Gasteiger partial charge in [0.2, 0.25) is 5.88 Å². The molecule has 19 heavy (non-hydrogen) atoms. The van der Waals surface area contributed by atoms with Crippen LogP contribution < -0.4 is 10.3 Å². The van der Waals surface area contributed by atoms with E-state index < -0.39 is 9.84 Å². The fraction of sp³-hybridized carbons (Fsp3) is 0.0909. The summed E-state index contributed by atoms with van der Waals surface area (Å²) in [7, 11) is -3.31. The lowest BCUT2D eigenvalue weighted by molar-refractivity contribution is 0.455. The highest BCUT2D eigenvalue weighted by Gasteiger charge is 2.11. The van der Waals surface area contributed by atoms with E-state index in [9.17, 15) is 13.2 Å². The Labute approximate surface area is 122 Å². The zero-order valence-corrected chi connectivity index (χ0v) is 12.7. The largest absolute Gasteiger partial charge is 0.438 e. The molecule has 1 aromatic carbocycles. The molecule has 0 bridgehead atoms. The smallest absolute Gasteiger partial charge is 0.268 e. The van der Waals surface area contributed by atoms with Crippen molar-refractivity contribution in [1.29, 1.82) is 0 Å². The van der Waals surface area contributed by atoms with Crippen molar-refractivity contribution in [3.05, 3.63) is 44.5 Å². The predicted octanol–water partition coefficient (Wildman–Crippen LogP) is 1.57. The fourth-order valence-electron chi connectivity index (χ4n) is 1.32. The quantitative estimate of drug-likeness (QED) is 0.802. The van der Waals surface area contributed by atoms with E-state index >= 15 is 0 Å². The van der Waals surface area contributed by atoms with E-state index in [0.717, 1.165) is 6.26 Å². The van der Waals surface area contributed by atoms with E-state index in [1.807, 2.05) is 22.6 Å². The third-order valence-corrected chi connectivity index (χ3v) is 4.27. The van der Waals surface area contributed by atoms with Gasteiger partial charge in [-0.2, -0.15) is 0 Å². The molecule has 1 heterocycles. The number of rotatable bonds is 3. The van der Waals surface area contributed by atoms with Crippen LogP contribution in [0.2, 0.25) is 0 Å². The molecule has 100 valence electrons. The number of sulfone groups is 1. The van der Waals surface area contributed by atoms with Gasteiger partial charge >= 0.3 is 0 Å². The summed E-state index contributed by atoms with van der Waals surface area (Å²) in [6.45, 7) is 0. The Morgan fingerprint density at radius 1 is 1.37 bits per heavy atom. The van der Waals surface area contributed by atoms with Crippen LogP contribution in [0.5, 0.6) is 11.6 Å². The minimum Gasteiger partial charge on any atom is -0.438 e. The second-order valence-electron chi connectivity index (χ2n) is 3.70. The number of hydrogen-bond acceptors (Lipinski definition) is 5. The monoisotopic (exact) mass is 392 g/mol. The Kier molecular flexibility index (Phi) is 3.90. The van der Waals surface area contributed by atoms with Gasteiger partial charge in [-0.25, -0.2) is 13.4 Å². The number of nitrogens with zero attached hydrogens (tertiary/aromatic N) is 1. The molecule has 1 N–H and O–H groups in total. The van der Waals surface area contributed by atoms with Crippen molar-refractivity contribution in [2.24, 2.45) is 0 Å². The van der Waals surface area contributed by atoms with Gasteiger partial charge in [-0.05, 0) is 40.8 Å². The number of nitrogens with one attached hydrogen (secondary N) is 1. The van der Waals surface area contributed by atoms with Crippen molar-refractivity contribution in [2.75, 3.05) is 6.26 Å². The van der Waals surface area contributed by atoms with Gasteiger partial charge in [0.15, 0.2) is 9.84 Å². The van der Waals surface area contributed by atoms with Gasteiger partial charge in [-0.15, -0.1) is 0 Å². The summed E-state index contributed by atoms with van der Waals surface area (Å²) in [4.78, 5) is 17.8. The highest BCUT2D eigenvalue weighted by atomic mass is 127. The average molecular weight is 392 g/mol. The minimum atomic E-state index is -3.31. The van der Waals surface area contributed by atoms with Gasteiger partial charge in [0.25, 0.3) is 5.56 Å². The van der Waals surface area contributed by atoms with Crippen molar-refractivity contribution in [2.45, 2.75) is 4.90 Å². The van der Waals surface area contributed by atoms with E-state index in [1.165, 1.54) is 18.5 Å². The van der Waals surface area contributed by atoms with E-state index in [-0.39, 0.29) is 16.3 Å². The number of H-pyrrole nitrogens is 1. The third-order valence-electron chi connectivity index (χ3n) is 2.21. The summed E-state index contributed by atoms with van der Waals surface area (Å²) in [6.07, 6.45) is 2.33. The Morgan fingerprint density at radius 2 is 2.11 bits per heavy atom. The highest BCUT2D eigenvalue weighted by Crippen LogP contribution is 2.24. The molecule has 0 aliphatic carbocycles. The summed E-state index contributed by atoms with van der Waals surface area (Å²) < 4.78 is 28.6. The maximum atomic E-state index is 11.4. The third kappa shape index (κ3) is 3.32. The molecular weight excluding hydrogens is 383 g/mol. The molecule has 0 aliphatic heterocycles. The second-order valence-corrected chi connectivity index (χ2v) is 6.79. The summed E-state index contributed by atoms with van der Waals surface area (Å²) >= 11 is 1.81. The molecule has 0 saturated carbocycles. The zero-order chi connectivity index (χ0) is 14.0. The molecule has 2 rings (SSSR count). The zero-order valence-electron chi connectivity index (χ0n) is 9.75. The van der Waals surface area contributed by atoms with Crippen molar-refractivity contribution in [3.63, 3.8) is 0 Å². The molecule has 0 saturated heterocycles. The molecular formula is C11H9IN2O4S. The van der Waals surface area contributed by atoms with Gasteiger partial charge in [0.05, 0.1) is 11.2 Å². The molecule has 0 fully saturated rings. The van der Waals surface area contributed by atoms with Crippen LogP contribution in [0.25, 0.3) is 0 Å². The van der Waals surface area contributed by atoms with Crippen molar-refractivity contribution < 1.29 is 13.2 Å². The van der Waals surface area contributed by atoms with E-state index in [4.69, 9.17) is 4.74 Å². The van der Waals surface area contributed by atoms with Gasteiger partial charge in [-0.3, -0.25) is 4.79 Å². The average Bonchev–Trinajstić information content (AvgIpc) is 2.34. The maximum absolute atomic E-state index is 11.4. The summed E-state index contributed by atoms with van der Waals surface area (Å²) in [5.74, 6) is 0.439. The molecule has 2 aromatic rings. The van der Waals surface area contributed by atoms with Crippen LogP contribution in [-0.2, 0) is 9.84 Å². The first kappa shape index (κ1) is 14.0. The van der Waals surface area contributed by atoms with Crippen molar-refractivity contribution in [3.8, 4) is 11.6 Å². The molecule has 0 aliphatic rings. The topological polar surface area (TPSA) is 89.1 Å². The molecule has 6 nitrogen and oxygen atoms in total. The Balaban J connectivity index is 2.40. The van der Waals surface area contributed by atoms with Crippen LogP contribution in [0, 0.1) is 3.57 Å². The predicted molar refractivity (Wildman–Crippen MR) is 77.2 cm³/mol. The SMILES string of the molecule is CS(=O)(=O)c1cccc(Oc2nc[nH]c(=O)c2I)c1. The minimum absolute atomic E-state index is 0.134. The first-order chi connectivity index (χ1) is 8.88. The molecule has 0 atom stereocenters. The number of aromatic nitrogens is 2. The fourth-order valence-corrected chi connectivity index (χ4v) is 2.38. The van der Waals surface area contributed by atoms with Crippen LogP contribution in [0.15, 0.2) is 40.3 Å². The second kappa shape index (κ2) is 5.29. The normalized spacial score (nSPS) is 11.3. The Bertz CT molecular complexity index is 770. The standard InChI is InChI=1S/C11H9IN2O4S/c1-19(16,17)8-4-2-3-7(5-8)18-11-9(12)10(15)13-6-14-11/h2-6H,1H3,(H,13,14,15). The molecule has 0 unspecified atom stereocenters. The van der Waals surface area contributed by atoms with E-state index in [2.05, 4.69) is 9.97 Å². The molecule has 0 amide bonds. The lowest BCUT2D eigenvalue weighted by Crippen LogP contribution is -2.11. The molecule has 0 radical (unpaired) electrons. The number of hydrogen-bond donors (Lipinski definition) is 1. The Morgan fingerprint density at radius 3 is 2.79 bits per heavy atom. The summed E-state index contributed by atoms with van der Waals surface area (Å²) in [5, 5.41) is 0. The first-order valence-corrected chi connectivity index (χ1v) is 8.06. The van der Waals surface area contributed by atoms with E-state index in [0.29, 0.717) is 9.32 Å². The molecule has 1 aromatic heterocycles. The number of benzene rings is 1. The van der Waals surface area contributed by atoms with Crippen molar-refractivity contribution >= 4 is 32.4 Å². The lowest BCUT2D eigenvalue weighted by Gasteiger charge is -2.06. The van der Waals surface area contributed by atoms with Crippen LogP contribution in [-0.4, -0.2) is 24.6 Å². The lowest BCUT2D eigenvalue weighted by atomic mass is 10.3. The van der Waals surface area contributed by atoms with Gasteiger partial charge in [0.1, 0.15) is 9.32 Å². The van der Waals surface area contributed by atoms with E-state index in [1.54, 1.807) is 12.1 Å². The van der Waals surface area contributed by atoms with Crippen LogP contribution in [0.3, 0.4) is 0 Å². The van der Waals surface area contributed by atoms with Gasteiger partial charge < -0.3 is 9.72 Å². The summed E-state index contributed by atoms with van der Waals surface area (Å²) in [5.41, 5.74) is -0.315. The highest BCUT2D eigenvalue weighted by molar-refractivity contribution is 14.1. The van der Waals surface area contributed by atoms with Gasteiger partial charge in [0, 0.05) is 6.26 Å². The van der Waals surface area contributed by atoms with Gasteiger partial charge in [-0.1, -0.05) is 6.07 Å². The number of ether oxygens (including phenoxy) is 1.